The van der Waals surface area contributed by atoms with Crippen molar-refractivity contribution in [3.05, 3.63) is 119 Å². The molecule has 2 nitrogen and oxygen atoms in total. The van der Waals surface area contributed by atoms with E-state index in [0.29, 0.717) is 11.6 Å². The number of hydrogen-bond acceptors (Lipinski definition) is 2. The summed E-state index contributed by atoms with van der Waals surface area (Å²) in [5, 5.41) is 0. The van der Waals surface area contributed by atoms with E-state index in [1.165, 1.54) is 36.4 Å². The third-order valence-corrected chi connectivity index (χ3v) is 6.28. The quantitative estimate of drug-likeness (QED) is 0.0999. The smallest absolute Gasteiger partial charge is 0.429 e. The van der Waals surface area contributed by atoms with Crippen LogP contribution in [0.3, 0.4) is 0 Å². The van der Waals surface area contributed by atoms with Crippen LogP contribution < -0.4 is 9.47 Å². The standard InChI is InChI=1S/C31H24F8O2/c1-2-3-4-5-19-6-11-22(12-7-19)30(36,37)40-23-13-8-20(9-14-23)21-10-15-25(26(32)16-21)31(38,39)41-24-17-27(33)29(35)28(34)18-24/h6-18H,2-5H2,1H3. The van der Waals surface area contributed by atoms with E-state index in [2.05, 4.69) is 11.7 Å². The Morgan fingerprint density at radius 1 is 0.585 bits per heavy atom. The van der Waals surface area contributed by atoms with Gasteiger partial charge in [-0.15, -0.1) is 0 Å². The Bertz CT molecular complexity index is 1460. The number of hydrogen-bond donors (Lipinski definition) is 0. The van der Waals surface area contributed by atoms with Crippen molar-refractivity contribution in [2.45, 2.75) is 44.8 Å². The van der Waals surface area contributed by atoms with Gasteiger partial charge < -0.3 is 9.47 Å². The average Bonchev–Trinajstić information content (AvgIpc) is 2.92. The van der Waals surface area contributed by atoms with Crippen LogP contribution in [0.15, 0.2) is 78.9 Å². The second-order valence-corrected chi connectivity index (χ2v) is 9.31. The molecule has 10 heteroatoms. The Balaban J connectivity index is 1.45. The molecular weight excluding hydrogens is 556 g/mol. The predicted octanol–water partition coefficient (Wildman–Crippen LogP) is 9.90. The summed E-state index contributed by atoms with van der Waals surface area (Å²) >= 11 is 0. The molecule has 41 heavy (non-hydrogen) atoms. The molecule has 0 unspecified atom stereocenters. The average molecular weight is 581 g/mol. The molecule has 0 aliphatic rings. The third kappa shape index (κ3) is 7.17. The minimum absolute atomic E-state index is 0.123. The van der Waals surface area contributed by atoms with Crippen molar-refractivity contribution in [1.82, 2.24) is 0 Å². The molecule has 0 fully saturated rings. The number of alkyl halides is 4. The number of halogens is 8. The van der Waals surface area contributed by atoms with Crippen molar-refractivity contribution < 1.29 is 44.6 Å². The van der Waals surface area contributed by atoms with Crippen molar-refractivity contribution >= 4 is 0 Å². The molecule has 4 aromatic carbocycles. The molecule has 0 aliphatic heterocycles. The van der Waals surface area contributed by atoms with Crippen LogP contribution in [-0.4, -0.2) is 0 Å². The summed E-state index contributed by atoms with van der Waals surface area (Å²) in [7, 11) is 0. The van der Waals surface area contributed by atoms with Crippen molar-refractivity contribution in [1.29, 1.82) is 0 Å². The highest BCUT2D eigenvalue weighted by molar-refractivity contribution is 5.64. The summed E-state index contributed by atoms with van der Waals surface area (Å²) < 4.78 is 122. The fraction of sp³-hybridized carbons (Fsp3) is 0.226. The lowest BCUT2D eigenvalue weighted by atomic mass is 10.0. The van der Waals surface area contributed by atoms with Crippen LogP contribution in [0.5, 0.6) is 11.5 Å². The number of ether oxygens (including phenoxy) is 2. The Morgan fingerprint density at radius 2 is 1.17 bits per heavy atom. The molecule has 4 aromatic rings. The molecule has 0 heterocycles. The van der Waals surface area contributed by atoms with Crippen molar-refractivity contribution in [3.8, 4) is 22.6 Å². The van der Waals surface area contributed by atoms with E-state index >= 15 is 0 Å². The molecule has 0 aliphatic carbocycles. The molecule has 4 rings (SSSR count). The fourth-order valence-electron chi connectivity index (χ4n) is 4.09. The van der Waals surface area contributed by atoms with Crippen LogP contribution in [-0.2, 0) is 18.6 Å². The summed E-state index contributed by atoms with van der Waals surface area (Å²) in [5.41, 5.74) is -0.203. The summed E-state index contributed by atoms with van der Waals surface area (Å²) in [6.07, 6.45) is -4.12. The van der Waals surface area contributed by atoms with Gasteiger partial charge in [-0.05, 0) is 65.9 Å². The van der Waals surface area contributed by atoms with E-state index in [-0.39, 0.29) is 29.0 Å². The van der Waals surface area contributed by atoms with E-state index in [1.54, 1.807) is 12.1 Å². The van der Waals surface area contributed by atoms with Crippen LogP contribution in [0.1, 0.15) is 42.9 Å². The molecule has 0 radical (unpaired) electrons. The van der Waals surface area contributed by atoms with Gasteiger partial charge in [0.05, 0.1) is 11.1 Å². The maximum absolute atomic E-state index is 14.7. The van der Waals surface area contributed by atoms with Crippen molar-refractivity contribution in [2.75, 3.05) is 0 Å². The molecule has 0 saturated carbocycles. The second kappa shape index (κ2) is 12.2. The van der Waals surface area contributed by atoms with Gasteiger partial charge in [0.1, 0.15) is 17.3 Å². The lowest BCUT2D eigenvalue weighted by Gasteiger charge is -2.20. The first kappa shape index (κ1) is 29.9. The Hall–Kier alpha value is -4.08. The summed E-state index contributed by atoms with van der Waals surface area (Å²) in [6.45, 7) is 2.08. The van der Waals surface area contributed by atoms with Crippen LogP contribution >= 0.6 is 0 Å². The van der Waals surface area contributed by atoms with Gasteiger partial charge in [-0.25, -0.2) is 17.6 Å². The zero-order valence-corrected chi connectivity index (χ0v) is 21.7. The lowest BCUT2D eigenvalue weighted by Crippen LogP contribution is -2.23. The molecule has 0 spiro atoms. The van der Waals surface area contributed by atoms with E-state index in [9.17, 15) is 35.1 Å². The Morgan fingerprint density at radius 3 is 1.76 bits per heavy atom. The van der Waals surface area contributed by atoms with E-state index < -0.39 is 46.8 Å². The lowest BCUT2D eigenvalue weighted by molar-refractivity contribution is -0.187. The number of unbranched alkanes of at least 4 members (excludes halogenated alkanes) is 2. The molecular formula is C31H24F8O2. The highest BCUT2D eigenvalue weighted by Gasteiger charge is 2.38. The maximum atomic E-state index is 14.7. The van der Waals surface area contributed by atoms with Gasteiger partial charge in [-0.1, -0.05) is 50.1 Å². The maximum Gasteiger partial charge on any atom is 0.429 e. The normalized spacial score (nSPS) is 11.9. The van der Waals surface area contributed by atoms with Gasteiger partial charge in [0.2, 0.25) is 0 Å². The summed E-state index contributed by atoms with van der Waals surface area (Å²) in [5.74, 6) is -8.03. The minimum atomic E-state index is -4.36. The van der Waals surface area contributed by atoms with Crippen LogP contribution in [0.25, 0.3) is 11.1 Å². The summed E-state index contributed by atoms with van der Waals surface area (Å²) in [6, 6.07) is 14.0. The topological polar surface area (TPSA) is 18.5 Å². The predicted molar refractivity (Wildman–Crippen MR) is 137 cm³/mol. The monoisotopic (exact) mass is 580 g/mol. The highest BCUT2D eigenvalue weighted by Crippen LogP contribution is 2.37. The number of rotatable bonds is 11. The molecule has 0 N–H and O–H groups in total. The van der Waals surface area contributed by atoms with Gasteiger partial charge in [0.15, 0.2) is 17.5 Å². The largest absolute Gasteiger partial charge is 0.429 e. The highest BCUT2D eigenvalue weighted by atomic mass is 19.3. The van der Waals surface area contributed by atoms with Crippen molar-refractivity contribution in [3.63, 3.8) is 0 Å². The fourth-order valence-corrected chi connectivity index (χ4v) is 4.09. The first-order chi connectivity index (χ1) is 19.4. The first-order valence-electron chi connectivity index (χ1n) is 12.7. The van der Waals surface area contributed by atoms with E-state index in [4.69, 9.17) is 4.74 Å². The molecule has 216 valence electrons. The number of aryl methyl sites for hydroxylation is 1. The summed E-state index contributed by atoms with van der Waals surface area (Å²) in [4.78, 5) is 0. The van der Waals surface area contributed by atoms with E-state index in [1.807, 2.05) is 0 Å². The molecule has 0 saturated heterocycles. The van der Waals surface area contributed by atoms with Crippen LogP contribution in [0.2, 0.25) is 0 Å². The van der Waals surface area contributed by atoms with Crippen molar-refractivity contribution in [2.24, 2.45) is 0 Å². The second-order valence-electron chi connectivity index (χ2n) is 9.31. The Kier molecular flexibility index (Phi) is 8.89. The third-order valence-electron chi connectivity index (χ3n) is 6.28. The van der Waals surface area contributed by atoms with Gasteiger partial charge >= 0.3 is 12.2 Å². The van der Waals surface area contributed by atoms with Crippen LogP contribution in [0.4, 0.5) is 35.1 Å². The molecule has 0 aromatic heterocycles. The van der Waals surface area contributed by atoms with Gasteiger partial charge in [0, 0.05) is 12.1 Å². The zero-order chi connectivity index (χ0) is 29.8. The zero-order valence-electron chi connectivity index (χ0n) is 21.7. The molecule has 0 atom stereocenters. The van der Waals surface area contributed by atoms with E-state index in [0.717, 1.165) is 43.4 Å². The number of benzene rings is 4. The molecule has 0 bridgehead atoms. The Labute approximate surface area is 231 Å². The van der Waals surface area contributed by atoms with Gasteiger partial charge in [-0.3, -0.25) is 0 Å². The van der Waals surface area contributed by atoms with Gasteiger partial charge in [0.25, 0.3) is 0 Å². The SMILES string of the molecule is CCCCCc1ccc(C(F)(F)Oc2ccc(-c3ccc(C(F)(F)Oc4cc(F)c(F)c(F)c4)c(F)c3)cc2)cc1. The van der Waals surface area contributed by atoms with Gasteiger partial charge in [-0.2, -0.15) is 17.6 Å². The van der Waals surface area contributed by atoms with Crippen LogP contribution in [0, 0.1) is 23.3 Å². The minimum Gasteiger partial charge on any atom is -0.429 e. The molecule has 0 amide bonds. The first-order valence-corrected chi connectivity index (χ1v) is 12.7.